The summed E-state index contributed by atoms with van der Waals surface area (Å²) in [5, 5.41) is 0. The number of rotatable bonds is 5. The summed E-state index contributed by atoms with van der Waals surface area (Å²) in [5.74, 6) is -0.124. The van der Waals surface area contributed by atoms with Crippen molar-refractivity contribution in [3.05, 3.63) is 30.3 Å². The Morgan fingerprint density at radius 2 is 1.78 bits per heavy atom. The van der Waals surface area contributed by atoms with E-state index in [4.69, 9.17) is 0 Å². The Labute approximate surface area is 137 Å². The van der Waals surface area contributed by atoms with E-state index in [1.165, 1.54) is 8.61 Å². The van der Waals surface area contributed by atoms with Crippen molar-refractivity contribution in [2.75, 3.05) is 31.1 Å². The highest BCUT2D eigenvalue weighted by atomic mass is 32.2. The molecule has 0 spiro atoms. The Kier molecular flexibility index (Phi) is 4.70. The van der Waals surface area contributed by atoms with Crippen molar-refractivity contribution in [1.29, 1.82) is 0 Å². The van der Waals surface area contributed by atoms with Crippen LogP contribution in [-0.2, 0) is 15.0 Å². The number of amides is 1. The van der Waals surface area contributed by atoms with Gasteiger partial charge in [-0.25, -0.2) is 0 Å². The van der Waals surface area contributed by atoms with Crippen LogP contribution in [0.5, 0.6) is 0 Å². The Balaban J connectivity index is 1.81. The van der Waals surface area contributed by atoms with E-state index >= 15 is 0 Å². The molecule has 3 rings (SSSR count). The van der Waals surface area contributed by atoms with Crippen molar-refractivity contribution in [2.24, 2.45) is 0 Å². The minimum absolute atomic E-state index is 0.124. The number of carbonyl (C=O) groups is 1. The highest BCUT2D eigenvalue weighted by Crippen LogP contribution is 2.27. The Morgan fingerprint density at radius 3 is 2.39 bits per heavy atom. The molecule has 1 unspecified atom stereocenters. The first-order valence-electron chi connectivity index (χ1n) is 8.19. The fourth-order valence-electron chi connectivity index (χ4n) is 3.41. The van der Waals surface area contributed by atoms with Crippen molar-refractivity contribution in [2.45, 2.75) is 32.2 Å². The lowest BCUT2D eigenvalue weighted by molar-refractivity contribution is -0.120. The molecule has 6 nitrogen and oxygen atoms in total. The zero-order chi connectivity index (χ0) is 16.4. The van der Waals surface area contributed by atoms with Crippen LogP contribution in [0.4, 0.5) is 5.69 Å². The summed E-state index contributed by atoms with van der Waals surface area (Å²) in [4.78, 5) is 14.5. The van der Waals surface area contributed by atoms with Crippen LogP contribution in [-0.4, -0.2) is 55.2 Å². The molecule has 0 radical (unpaired) electrons. The molecule has 0 saturated carbocycles. The van der Waals surface area contributed by atoms with Gasteiger partial charge in [0.2, 0.25) is 5.91 Å². The second kappa shape index (κ2) is 6.59. The van der Waals surface area contributed by atoms with E-state index in [2.05, 4.69) is 0 Å². The average molecular weight is 337 g/mol. The molecule has 0 aromatic heterocycles. The molecule has 0 N–H and O–H groups in total. The number of para-hydroxylation sites is 1. The zero-order valence-corrected chi connectivity index (χ0v) is 14.2. The SMILES string of the molecule is CCN(C1CCN(c2ccccc2)C1=O)S(=O)(=O)N1CCCC1. The lowest BCUT2D eigenvalue weighted by Gasteiger charge is -2.30. The largest absolute Gasteiger partial charge is 0.311 e. The van der Waals surface area contributed by atoms with Crippen molar-refractivity contribution in [1.82, 2.24) is 8.61 Å². The highest BCUT2D eigenvalue weighted by Gasteiger charge is 2.43. The van der Waals surface area contributed by atoms with Crippen LogP contribution in [0.25, 0.3) is 0 Å². The van der Waals surface area contributed by atoms with Gasteiger partial charge in [0.05, 0.1) is 0 Å². The summed E-state index contributed by atoms with van der Waals surface area (Å²) in [6.45, 7) is 3.79. The fourth-order valence-corrected chi connectivity index (χ4v) is 5.27. The number of carbonyl (C=O) groups excluding carboxylic acids is 1. The van der Waals surface area contributed by atoms with E-state index in [1.54, 1.807) is 11.8 Å². The van der Waals surface area contributed by atoms with Crippen LogP contribution >= 0.6 is 0 Å². The van der Waals surface area contributed by atoms with Gasteiger partial charge in [-0.2, -0.15) is 17.0 Å². The Hall–Kier alpha value is -1.44. The van der Waals surface area contributed by atoms with Crippen LogP contribution in [0.3, 0.4) is 0 Å². The third kappa shape index (κ3) is 3.00. The predicted molar refractivity (Wildman–Crippen MR) is 89.3 cm³/mol. The van der Waals surface area contributed by atoms with Gasteiger partial charge in [0.25, 0.3) is 10.2 Å². The first kappa shape index (κ1) is 16.4. The molecule has 0 bridgehead atoms. The minimum Gasteiger partial charge on any atom is -0.311 e. The average Bonchev–Trinajstić information content (AvgIpc) is 3.20. The lowest BCUT2D eigenvalue weighted by Crippen LogP contribution is -2.50. The molecule has 126 valence electrons. The molecular weight excluding hydrogens is 314 g/mol. The number of anilines is 1. The molecule has 1 atom stereocenters. The first-order chi connectivity index (χ1) is 11.1. The summed E-state index contributed by atoms with van der Waals surface area (Å²) in [6.07, 6.45) is 2.33. The van der Waals surface area contributed by atoms with Crippen molar-refractivity contribution in [3.8, 4) is 0 Å². The molecule has 0 aliphatic carbocycles. The summed E-state index contributed by atoms with van der Waals surface area (Å²) >= 11 is 0. The molecule has 2 saturated heterocycles. The maximum absolute atomic E-state index is 12.8. The molecule has 1 aromatic carbocycles. The summed E-state index contributed by atoms with van der Waals surface area (Å²) in [6, 6.07) is 8.84. The second-order valence-electron chi connectivity index (χ2n) is 5.95. The molecule has 2 aliphatic heterocycles. The maximum atomic E-state index is 12.8. The molecule has 2 aliphatic rings. The van der Waals surface area contributed by atoms with Crippen LogP contribution < -0.4 is 4.90 Å². The van der Waals surface area contributed by atoms with E-state index in [1.807, 2.05) is 30.3 Å². The van der Waals surface area contributed by atoms with E-state index in [-0.39, 0.29) is 5.91 Å². The van der Waals surface area contributed by atoms with Crippen molar-refractivity contribution < 1.29 is 13.2 Å². The van der Waals surface area contributed by atoms with Gasteiger partial charge in [0, 0.05) is 31.9 Å². The highest BCUT2D eigenvalue weighted by molar-refractivity contribution is 7.86. The molecule has 7 heteroatoms. The van der Waals surface area contributed by atoms with Gasteiger partial charge >= 0.3 is 0 Å². The summed E-state index contributed by atoms with van der Waals surface area (Å²) in [5.41, 5.74) is 0.828. The van der Waals surface area contributed by atoms with Gasteiger partial charge < -0.3 is 4.90 Å². The molecule has 1 amide bonds. The number of nitrogens with zero attached hydrogens (tertiary/aromatic N) is 3. The quantitative estimate of drug-likeness (QED) is 0.817. The zero-order valence-electron chi connectivity index (χ0n) is 13.4. The second-order valence-corrected chi connectivity index (χ2v) is 7.83. The van der Waals surface area contributed by atoms with Crippen molar-refractivity contribution in [3.63, 3.8) is 0 Å². The van der Waals surface area contributed by atoms with Crippen LogP contribution in [0.1, 0.15) is 26.2 Å². The Bertz CT molecular complexity index is 656. The van der Waals surface area contributed by atoms with E-state index in [9.17, 15) is 13.2 Å². The van der Waals surface area contributed by atoms with E-state index in [0.29, 0.717) is 32.6 Å². The standard InChI is InChI=1S/C16H23N3O3S/c1-2-19(23(21,22)17-11-6-7-12-17)15-10-13-18(16(15)20)14-8-4-3-5-9-14/h3-5,8-9,15H,2,6-7,10-13H2,1H3. The molecule has 23 heavy (non-hydrogen) atoms. The summed E-state index contributed by atoms with van der Waals surface area (Å²) in [7, 11) is -3.55. The van der Waals surface area contributed by atoms with Crippen LogP contribution in [0, 0.1) is 0 Å². The molecule has 2 fully saturated rings. The van der Waals surface area contributed by atoms with E-state index < -0.39 is 16.3 Å². The monoisotopic (exact) mass is 337 g/mol. The number of hydrogen-bond donors (Lipinski definition) is 0. The lowest BCUT2D eigenvalue weighted by atomic mass is 10.2. The summed E-state index contributed by atoms with van der Waals surface area (Å²) < 4.78 is 28.5. The van der Waals surface area contributed by atoms with Gasteiger partial charge in [-0.15, -0.1) is 0 Å². The van der Waals surface area contributed by atoms with Crippen molar-refractivity contribution >= 4 is 21.8 Å². The third-order valence-corrected chi connectivity index (χ3v) is 6.72. The van der Waals surface area contributed by atoms with E-state index in [0.717, 1.165) is 18.5 Å². The van der Waals surface area contributed by atoms with Gasteiger partial charge in [-0.05, 0) is 31.4 Å². The van der Waals surface area contributed by atoms with Crippen LogP contribution in [0.2, 0.25) is 0 Å². The molecule has 2 heterocycles. The topological polar surface area (TPSA) is 60.9 Å². The number of likely N-dealkylation sites (N-methyl/N-ethyl adjacent to an activating group) is 1. The Morgan fingerprint density at radius 1 is 1.13 bits per heavy atom. The predicted octanol–water partition coefficient (Wildman–Crippen LogP) is 1.45. The van der Waals surface area contributed by atoms with Gasteiger partial charge in [-0.1, -0.05) is 25.1 Å². The van der Waals surface area contributed by atoms with Gasteiger partial charge in [0.1, 0.15) is 6.04 Å². The first-order valence-corrected chi connectivity index (χ1v) is 9.58. The third-order valence-electron chi connectivity index (χ3n) is 4.59. The normalized spacial score (nSPS) is 23.1. The number of benzene rings is 1. The minimum atomic E-state index is -3.55. The molecular formula is C16H23N3O3S. The maximum Gasteiger partial charge on any atom is 0.282 e. The number of hydrogen-bond acceptors (Lipinski definition) is 3. The van der Waals surface area contributed by atoms with Crippen LogP contribution in [0.15, 0.2) is 30.3 Å². The van der Waals surface area contributed by atoms with Gasteiger partial charge in [0.15, 0.2) is 0 Å². The smallest absolute Gasteiger partial charge is 0.282 e. The fraction of sp³-hybridized carbons (Fsp3) is 0.562. The molecule has 1 aromatic rings. The van der Waals surface area contributed by atoms with Gasteiger partial charge in [-0.3, -0.25) is 4.79 Å².